The number of aliphatic hydroxyl groups excluding tert-OH is 1. The molecule has 0 saturated carbocycles. The fourth-order valence-corrected chi connectivity index (χ4v) is 6.76. The Morgan fingerprint density at radius 1 is 1.03 bits per heavy atom. The molecule has 1 saturated heterocycles. The quantitative estimate of drug-likeness (QED) is 0.504. The van der Waals surface area contributed by atoms with Gasteiger partial charge in [-0.15, -0.1) is 11.3 Å². The molecule has 3 aliphatic rings. The Morgan fingerprint density at radius 2 is 1.85 bits per heavy atom. The normalized spacial score (nSPS) is 20.6. The molecule has 170 valence electrons. The summed E-state index contributed by atoms with van der Waals surface area (Å²) in [7, 11) is 0. The number of benzene rings is 2. The van der Waals surface area contributed by atoms with E-state index in [1.165, 1.54) is 70.5 Å². The average Bonchev–Trinajstić information content (AvgIpc) is 3.34. The number of rotatable bonds is 5. The maximum absolute atomic E-state index is 10.3. The van der Waals surface area contributed by atoms with Gasteiger partial charge in [0.25, 0.3) is 0 Å². The van der Waals surface area contributed by atoms with E-state index in [0.717, 1.165) is 36.4 Å². The number of nitrogens with zero attached hydrogens (tertiary/aromatic N) is 1. The van der Waals surface area contributed by atoms with Crippen molar-refractivity contribution in [1.29, 1.82) is 0 Å². The summed E-state index contributed by atoms with van der Waals surface area (Å²) in [5, 5.41) is 21.5. The highest BCUT2D eigenvalue weighted by molar-refractivity contribution is 7.20. The molecule has 6 rings (SSSR count). The van der Waals surface area contributed by atoms with Gasteiger partial charge < -0.3 is 14.9 Å². The molecular formula is C28H29NO3S. The molecule has 2 aromatic carbocycles. The zero-order chi connectivity index (χ0) is 22.4. The number of phenolic OH excluding ortho intramolecular Hbond substituents is 1. The van der Waals surface area contributed by atoms with Gasteiger partial charge in [-0.05, 0) is 97.5 Å². The highest BCUT2D eigenvalue weighted by atomic mass is 32.1. The van der Waals surface area contributed by atoms with Crippen LogP contribution >= 0.6 is 11.3 Å². The topological polar surface area (TPSA) is 52.9 Å². The Kier molecular flexibility index (Phi) is 5.49. The molecular weight excluding hydrogens is 430 g/mol. The second-order valence-corrected chi connectivity index (χ2v) is 10.4. The Morgan fingerprint density at radius 3 is 2.67 bits per heavy atom. The molecule has 1 unspecified atom stereocenters. The van der Waals surface area contributed by atoms with Crippen LogP contribution in [0.4, 0.5) is 0 Å². The van der Waals surface area contributed by atoms with Gasteiger partial charge in [0.2, 0.25) is 0 Å². The van der Waals surface area contributed by atoms with Crippen molar-refractivity contribution in [2.75, 3.05) is 26.2 Å². The predicted molar refractivity (Wildman–Crippen MR) is 135 cm³/mol. The summed E-state index contributed by atoms with van der Waals surface area (Å²) in [5.41, 5.74) is 6.18. The summed E-state index contributed by atoms with van der Waals surface area (Å²) in [6, 6.07) is 14.1. The third kappa shape index (κ3) is 3.88. The number of hydrogen-bond donors (Lipinski definition) is 2. The van der Waals surface area contributed by atoms with Crippen molar-refractivity contribution >= 4 is 32.6 Å². The summed E-state index contributed by atoms with van der Waals surface area (Å²) in [5.74, 6) is 1.20. The SMILES string of the molecule is Oc1ccc2c3c(sc2c1)C1=CC(O)CCC1=C3c1ccc(OCCN2CCCCC2)cc1. The first kappa shape index (κ1) is 21.0. The Labute approximate surface area is 198 Å². The third-order valence-electron chi connectivity index (χ3n) is 7.11. The summed E-state index contributed by atoms with van der Waals surface area (Å²) < 4.78 is 7.14. The minimum atomic E-state index is -0.398. The van der Waals surface area contributed by atoms with Gasteiger partial charge in [-0.3, -0.25) is 4.90 Å². The van der Waals surface area contributed by atoms with Crippen LogP contribution in [0.3, 0.4) is 0 Å². The molecule has 0 radical (unpaired) electrons. The van der Waals surface area contributed by atoms with Gasteiger partial charge in [-0.25, -0.2) is 0 Å². The number of ether oxygens (including phenoxy) is 1. The van der Waals surface area contributed by atoms with Crippen LogP contribution in [0.5, 0.6) is 11.5 Å². The molecule has 0 amide bonds. The highest BCUT2D eigenvalue weighted by Crippen LogP contribution is 2.54. The molecule has 1 aliphatic heterocycles. The lowest BCUT2D eigenvalue weighted by molar-refractivity contribution is 0.183. The number of aromatic hydroxyl groups is 1. The van der Waals surface area contributed by atoms with Gasteiger partial charge in [0, 0.05) is 27.1 Å². The van der Waals surface area contributed by atoms with Crippen molar-refractivity contribution in [3.05, 3.63) is 70.1 Å². The van der Waals surface area contributed by atoms with E-state index in [0.29, 0.717) is 0 Å². The Balaban J connectivity index is 1.30. The van der Waals surface area contributed by atoms with Crippen LogP contribution in [-0.4, -0.2) is 47.5 Å². The number of piperidine rings is 1. The van der Waals surface area contributed by atoms with Crippen LogP contribution in [0.2, 0.25) is 0 Å². The average molecular weight is 460 g/mol. The van der Waals surface area contributed by atoms with E-state index in [-0.39, 0.29) is 5.75 Å². The lowest BCUT2D eigenvalue weighted by atomic mass is 9.90. The summed E-state index contributed by atoms with van der Waals surface area (Å²) in [6.45, 7) is 4.10. The van der Waals surface area contributed by atoms with Crippen LogP contribution < -0.4 is 4.74 Å². The summed E-state index contributed by atoms with van der Waals surface area (Å²) in [4.78, 5) is 3.70. The van der Waals surface area contributed by atoms with Crippen molar-refractivity contribution in [3.63, 3.8) is 0 Å². The van der Waals surface area contributed by atoms with Gasteiger partial charge in [0.1, 0.15) is 18.1 Å². The van der Waals surface area contributed by atoms with Crippen LogP contribution in [0.1, 0.15) is 48.1 Å². The molecule has 2 N–H and O–H groups in total. The first-order chi connectivity index (χ1) is 16.2. The fourth-order valence-electron chi connectivity index (χ4n) is 5.46. The maximum atomic E-state index is 10.3. The molecule has 33 heavy (non-hydrogen) atoms. The van der Waals surface area contributed by atoms with E-state index in [2.05, 4.69) is 29.2 Å². The van der Waals surface area contributed by atoms with E-state index < -0.39 is 6.10 Å². The number of phenols is 1. The van der Waals surface area contributed by atoms with E-state index in [1.807, 2.05) is 18.2 Å². The van der Waals surface area contributed by atoms with Gasteiger partial charge in [-0.1, -0.05) is 18.6 Å². The Bertz CT molecular complexity index is 1250. The van der Waals surface area contributed by atoms with Gasteiger partial charge in [0.05, 0.1) is 6.10 Å². The number of likely N-dealkylation sites (tertiary alicyclic amines) is 1. The van der Waals surface area contributed by atoms with Crippen LogP contribution in [-0.2, 0) is 0 Å². The molecule has 2 aliphatic carbocycles. The standard InChI is InChI=1S/C28H29NO3S/c30-19-6-10-22-24(16-19)28-27(23-11-7-20(31)17-25(23)33-28)26(22)18-4-8-21(9-5-18)32-15-14-29-12-2-1-3-13-29/h4-5,7-9,11,16-17,19,30-31H,1-3,6,10,12-15H2. The maximum Gasteiger partial charge on any atom is 0.119 e. The molecule has 4 nitrogen and oxygen atoms in total. The van der Waals surface area contributed by atoms with E-state index in [9.17, 15) is 10.2 Å². The minimum Gasteiger partial charge on any atom is -0.508 e. The number of hydrogen-bond acceptors (Lipinski definition) is 5. The molecule has 0 bridgehead atoms. The molecule has 5 heteroatoms. The Hall–Kier alpha value is -2.60. The highest BCUT2D eigenvalue weighted by Gasteiger charge is 2.33. The molecule has 2 heterocycles. The van der Waals surface area contributed by atoms with Crippen molar-refractivity contribution in [2.24, 2.45) is 0 Å². The zero-order valence-electron chi connectivity index (χ0n) is 18.7. The van der Waals surface area contributed by atoms with E-state index in [1.54, 1.807) is 17.4 Å². The summed E-state index contributed by atoms with van der Waals surface area (Å²) >= 11 is 1.70. The first-order valence-corrected chi connectivity index (χ1v) is 12.8. The summed E-state index contributed by atoms with van der Waals surface area (Å²) in [6.07, 6.45) is 7.21. The molecule has 1 aromatic heterocycles. The predicted octanol–water partition coefficient (Wildman–Crippen LogP) is 5.83. The van der Waals surface area contributed by atoms with Crippen molar-refractivity contribution in [1.82, 2.24) is 4.90 Å². The van der Waals surface area contributed by atoms with Crippen LogP contribution in [0.25, 0.3) is 21.2 Å². The van der Waals surface area contributed by atoms with E-state index >= 15 is 0 Å². The van der Waals surface area contributed by atoms with Gasteiger partial charge in [0.15, 0.2) is 0 Å². The molecule has 3 aromatic rings. The van der Waals surface area contributed by atoms with Crippen molar-refractivity contribution < 1.29 is 14.9 Å². The van der Waals surface area contributed by atoms with E-state index in [4.69, 9.17) is 4.74 Å². The monoisotopic (exact) mass is 459 g/mol. The zero-order valence-corrected chi connectivity index (χ0v) is 19.5. The van der Waals surface area contributed by atoms with Gasteiger partial charge in [-0.2, -0.15) is 0 Å². The first-order valence-electron chi connectivity index (χ1n) is 12.0. The number of allylic oxidation sites excluding steroid dienone is 2. The largest absolute Gasteiger partial charge is 0.508 e. The van der Waals surface area contributed by atoms with Crippen molar-refractivity contribution in [3.8, 4) is 11.5 Å². The fraction of sp³-hybridized carbons (Fsp3) is 0.357. The van der Waals surface area contributed by atoms with Crippen LogP contribution in [0, 0.1) is 0 Å². The molecule has 1 fully saturated rings. The van der Waals surface area contributed by atoms with Gasteiger partial charge >= 0.3 is 0 Å². The number of thiophene rings is 1. The number of aliphatic hydroxyl groups is 1. The number of fused-ring (bicyclic) bond motifs is 5. The van der Waals surface area contributed by atoms with Crippen LogP contribution in [0.15, 0.2) is 54.1 Å². The minimum absolute atomic E-state index is 0.289. The van der Waals surface area contributed by atoms with Crippen molar-refractivity contribution in [2.45, 2.75) is 38.2 Å². The molecule has 1 atom stereocenters. The second kappa shape index (κ2) is 8.64. The second-order valence-electron chi connectivity index (χ2n) is 9.30. The third-order valence-corrected chi connectivity index (χ3v) is 8.30. The smallest absolute Gasteiger partial charge is 0.119 e. The lowest BCUT2D eigenvalue weighted by Crippen LogP contribution is -2.33. The lowest BCUT2D eigenvalue weighted by Gasteiger charge is -2.26. The molecule has 0 spiro atoms.